The molecule has 0 saturated heterocycles. The lowest BCUT2D eigenvalue weighted by Gasteiger charge is -2.23. The number of hydrogen-bond donors (Lipinski definition) is 2. The van der Waals surface area contributed by atoms with E-state index in [4.69, 9.17) is 5.73 Å². The van der Waals surface area contributed by atoms with Crippen molar-refractivity contribution in [1.82, 2.24) is 4.57 Å². The van der Waals surface area contributed by atoms with Crippen LogP contribution in [0, 0.1) is 44.7 Å². The first kappa shape index (κ1) is 37.4. The number of carbonyl (C=O) groups excluding carboxylic acids is 1. The summed E-state index contributed by atoms with van der Waals surface area (Å²) < 4.78 is 66.9. The normalized spacial score (nSPS) is 12.9. The molecule has 0 radical (unpaired) electrons. The molecule has 0 aliphatic carbocycles. The molecule has 6 rings (SSSR count). The molecule has 0 bridgehead atoms. The van der Waals surface area contributed by atoms with Crippen LogP contribution in [0.1, 0.15) is 71.7 Å². The minimum atomic E-state index is -4.32. The van der Waals surface area contributed by atoms with Crippen molar-refractivity contribution in [3.63, 3.8) is 0 Å². The highest BCUT2D eigenvalue weighted by Crippen LogP contribution is 2.38. The van der Waals surface area contributed by atoms with Gasteiger partial charge in [0.1, 0.15) is 11.6 Å². The van der Waals surface area contributed by atoms with Crippen LogP contribution in [0.25, 0.3) is 10.9 Å². The van der Waals surface area contributed by atoms with E-state index < -0.39 is 23.4 Å². The van der Waals surface area contributed by atoms with Crippen molar-refractivity contribution >= 4 is 33.9 Å². The molecule has 1 aliphatic rings. The Balaban J connectivity index is 0.000000210. The van der Waals surface area contributed by atoms with E-state index in [0.29, 0.717) is 25.1 Å². The summed E-state index contributed by atoms with van der Waals surface area (Å²) in [5.74, 6) is -1.11. The number of halogens is 5. The lowest BCUT2D eigenvalue weighted by Crippen LogP contribution is -2.21. The Morgan fingerprint density at radius 3 is 2.08 bits per heavy atom. The van der Waals surface area contributed by atoms with Gasteiger partial charge in [0, 0.05) is 66.3 Å². The number of nitrogens with two attached hydrogens (primary N) is 1. The Hall–Kier alpha value is -4.86. The summed E-state index contributed by atoms with van der Waals surface area (Å²) in [5, 5.41) is 4.15. The van der Waals surface area contributed by atoms with Gasteiger partial charge in [0.05, 0.1) is 5.56 Å². The third-order valence-electron chi connectivity index (χ3n) is 9.33. The van der Waals surface area contributed by atoms with E-state index in [1.165, 1.54) is 17.7 Å². The lowest BCUT2D eigenvalue weighted by atomic mass is 9.91. The number of alkyl halides is 3. The highest BCUT2D eigenvalue weighted by Gasteiger charge is 2.30. The Bertz CT molecular complexity index is 2050. The second-order valence-corrected chi connectivity index (χ2v) is 14.7. The van der Waals surface area contributed by atoms with E-state index in [1.54, 1.807) is 12.1 Å². The third kappa shape index (κ3) is 8.72. The molecule has 0 atom stereocenters. The van der Waals surface area contributed by atoms with Gasteiger partial charge in [0.2, 0.25) is 5.91 Å². The first-order valence-corrected chi connectivity index (χ1v) is 16.9. The van der Waals surface area contributed by atoms with Crippen molar-refractivity contribution in [3.8, 4) is 0 Å². The van der Waals surface area contributed by atoms with Crippen LogP contribution >= 0.6 is 0 Å². The van der Waals surface area contributed by atoms with E-state index in [9.17, 15) is 26.7 Å². The summed E-state index contributed by atoms with van der Waals surface area (Å²) in [5.41, 5.74) is 15.8. The fourth-order valence-corrected chi connectivity index (χ4v) is 6.73. The van der Waals surface area contributed by atoms with Gasteiger partial charge in [0.15, 0.2) is 0 Å². The number of nitrogens with one attached hydrogen (secondary N) is 1. The molecule has 270 valence electrons. The molecule has 5 aromatic rings. The first-order chi connectivity index (χ1) is 23.8. The smallest absolute Gasteiger partial charge is 0.398 e. The molecular formula is C41H45F5N4O. The molecule has 1 amide bonds. The third-order valence-corrected chi connectivity index (χ3v) is 9.33. The van der Waals surface area contributed by atoms with Crippen LogP contribution in [-0.2, 0) is 30.5 Å². The molecule has 0 fully saturated rings. The molecule has 3 N–H and O–H groups in total. The summed E-state index contributed by atoms with van der Waals surface area (Å²) in [6.07, 6.45) is -1.10. The number of fused-ring (bicyclic) bond motifs is 2. The number of nitrogens with zero attached hydrogens (tertiary/aromatic N) is 2. The molecule has 5 nitrogen and oxygen atoms in total. The van der Waals surface area contributed by atoms with Crippen molar-refractivity contribution in [2.45, 2.75) is 80.6 Å². The Morgan fingerprint density at radius 1 is 0.824 bits per heavy atom. The molecule has 2 heterocycles. The molecule has 51 heavy (non-hydrogen) atoms. The summed E-state index contributed by atoms with van der Waals surface area (Å²) in [7, 11) is 0. The quantitative estimate of drug-likeness (QED) is 0.137. The Labute approximate surface area is 296 Å². The largest absolute Gasteiger partial charge is 0.416 e. The number of amides is 1. The minimum absolute atomic E-state index is 0.00765. The van der Waals surface area contributed by atoms with Crippen LogP contribution in [0.3, 0.4) is 0 Å². The number of hydrogen-bond acceptors (Lipinski definition) is 3. The van der Waals surface area contributed by atoms with Crippen molar-refractivity contribution in [2.24, 2.45) is 5.41 Å². The Kier molecular flexibility index (Phi) is 10.6. The highest BCUT2D eigenvalue weighted by molar-refractivity contribution is 5.94. The molecule has 10 heteroatoms. The zero-order chi connectivity index (χ0) is 37.4. The Morgan fingerprint density at radius 2 is 1.47 bits per heavy atom. The van der Waals surface area contributed by atoms with Gasteiger partial charge in [-0.25, -0.2) is 8.78 Å². The van der Waals surface area contributed by atoms with E-state index in [-0.39, 0.29) is 11.3 Å². The minimum Gasteiger partial charge on any atom is -0.398 e. The van der Waals surface area contributed by atoms with Crippen molar-refractivity contribution in [2.75, 3.05) is 22.5 Å². The summed E-state index contributed by atoms with van der Waals surface area (Å²) in [6.45, 7) is 15.8. The number of anilines is 3. The number of aromatic nitrogens is 1. The van der Waals surface area contributed by atoms with Crippen molar-refractivity contribution in [3.05, 3.63) is 123 Å². The maximum atomic E-state index is 13.3. The predicted octanol–water partition coefficient (Wildman–Crippen LogP) is 10.4. The highest BCUT2D eigenvalue weighted by atomic mass is 19.4. The van der Waals surface area contributed by atoms with E-state index >= 15 is 0 Å². The number of carbonyl (C=O) groups is 1. The SMILES string of the molecule is Cc1cc2c(c(C)c1NC(=O)CC(C)(C)C)CCN2Cc1ccc(C(F)(F)F)cc1.Cc1cc2c(ccn2Cc2cc(F)cc(F)c2)c(C)c1N. The van der Waals surface area contributed by atoms with E-state index in [1.807, 2.05) is 71.4 Å². The molecule has 1 aromatic heterocycles. The first-order valence-electron chi connectivity index (χ1n) is 16.9. The standard InChI is InChI=1S/C24H29F3N2O.C17H16F2N2/c1-15-12-20-19(16(2)22(15)28-21(30)13-23(3,4)5)10-11-29(20)14-17-6-8-18(9-7-17)24(25,26)27;1-10-5-16-15(11(2)17(10)20)3-4-21(16)9-12-6-13(18)8-14(19)7-12/h6-9,12H,10-11,13-14H2,1-5H3,(H,28,30);3-8H,9,20H2,1-2H3. The van der Waals surface area contributed by atoms with Crippen LogP contribution < -0.4 is 16.0 Å². The average molecular weight is 705 g/mol. The molecule has 0 saturated carbocycles. The second-order valence-electron chi connectivity index (χ2n) is 14.7. The summed E-state index contributed by atoms with van der Waals surface area (Å²) in [6, 6.07) is 15.0. The van der Waals surface area contributed by atoms with Gasteiger partial charge < -0.3 is 20.5 Å². The van der Waals surface area contributed by atoms with Gasteiger partial charge >= 0.3 is 6.18 Å². The monoisotopic (exact) mass is 704 g/mol. The maximum Gasteiger partial charge on any atom is 0.416 e. The van der Waals surface area contributed by atoms with E-state index in [2.05, 4.69) is 16.3 Å². The fraction of sp³-hybridized carbons (Fsp3) is 0.341. The van der Waals surface area contributed by atoms with Crippen LogP contribution in [-0.4, -0.2) is 17.0 Å². The van der Waals surface area contributed by atoms with Gasteiger partial charge in [-0.3, -0.25) is 4.79 Å². The van der Waals surface area contributed by atoms with Gasteiger partial charge in [-0.15, -0.1) is 0 Å². The second kappa shape index (κ2) is 14.4. The summed E-state index contributed by atoms with van der Waals surface area (Å²) in [4.78, 5) is 14.6. The van der Waals surface area contributed by atoms with Crippen molar-refractivity contribution < 1.29 is 26.7 Å². The van der Waals surface area contributed by atoms with Crippen LogP contribution in [0.4, 0.5) is 39.0 Å². The maximum absolute atomic E-state index is 13.3. The van der Waals surface area contributed by atoms with Crippen LogP contribution in [0.2, 0.25) is 0 Å². The van der Waals surface area contributed by atoms with Gasteiger partial charge in [0.25, 0.3) is 0 Å². The molecule has 0 spiro atoms. The van der Waals surface area contributed by atoms with Gasteiger partial charge in [-0.05, 0) is 121 Å². The number of benzene rings is 4. The van der Waals surface area contributed by atoms with Crippen molar-refractivity contribution in [1.29, 1.82) is 0 Å². The van der Waals surface area contributed by atoms with Crippen LogP contribution in [0.5, 0.6) is 0 Å². The summed E-state index contributed by atoms with van der Waals surface area (Å²) >= 11 is 0. The molecule has 1 aliphatic heterocycles. The topological polar surface area (TPSA) is 63.3 Å². The number of rotatable bonds is 6. The van der Waals surface area contributed by atoms with Crippen LogP contribution in [0.15, 0.2) is 66.9 Å². The zero-order valence-corrected chi connectivity index (χ0v) is 30.2. The van der Waals surface area contributed by atoms with E-state index in [0.717, 1.165) is 86.9 Å². The van der Waals surface area contributed by atoms with Gasteiger partial charge in [-0.2, -0.15) is 13.2 Å². The molecular weight excluding hydrogens is 659 g/mol. The molecule has 0 unspecified atom stereocenters. The average Bonchev–Trinajstić information content (AvgIpc) is 3.60. The number of aryl methyl sites for hydroxylation is 3. The fourth-order valence-electron chi connectivity index (χ4n) is 6.73. The molecule has 4 aromatic carbocycles. The number of nitrogen functional groups attached to an aromatic ring is 1. The predicted molar refractivity (Wildman–Crippen MR) is 196 cm³/mol. The lowest BCUT2D eigenvalue weighted by molar-refractivity contribution is -0.137. The zero-order valence-electron chi connectivity index (χ0n) is 30.2. The van der Waals surface area contributed by atoms with Gasteiger partial charge in [-0.1, -0.05) is 32.9 Å².